The first-order valence-corrected chi connectivity index (χ1v) is 6.10. The monoisotopic (exact) mass is 270 g/mol. The van der Waals surface area contributed by atoms with Crippen molar-refractivity contribution in [2.75, 3.05) is 20.0 Å². The first kappa shape index (κ1) is 12.3. The highest BCUT2D eigenvalue weighted by Crippen LogP contribution is 2.39. The van der Waals surface area contributed by atoms with Crippen molar-refractivity contribution in [1.82, 2.24) is 4.98 Å². The van der Waals surface area contributed by atoms with Gasteiger partial charge in [0, 0.05) is 5.69 Å². The quantitative estimate of drug-likeness (QED) is 0.740. The van der Waals surface area contributed by atoms with Crippen LogP contribution in [0, 0.1) is 0 Å². The number of rotatable bonds is 3. The normalized spacial score (nSPS) is 10.7. The summed E-state index contributed by atoms with van der Waals surface area (Å²) in [7, 11) is 3.19. The number of anilines is 1. The maximum Gasteiger partial charge on any atom is 0.234 e. The largest absolute Gasteiger partial charge is 0.496 e. The van der Waals surface area contributed by atoms with Crippen LogP contribution in [0.2, 0.25) is 0 Å². The summed E-state index contributed by atoms with van der Waals surface area (Å²) >= 11 is 0. The number of hydrogen-bond acceptors (Lipinski definition) is 5. The van der Waals surface area contributed by atoms with Gasteiger partial charge in [-0.05, 0) is 30.3 Å². The molecule has 0 saturated heterocycles. The summed E-state index contributed by atoms with van der Waals surface area (Å²) in [6.45, 7) is 0. The topological polar surface area (TPSA) is 70.5 Å². The van der Waals surface area contributed by atoms with Gasteiger partial charge in [-0.15, -0.1) is 0 Å². The molecule has 5 nitrogen and oxygen atoms in total. The van der Waals surface area contributed by atoms with E-state index in [-0.39, 0.29) is 0 Å². The smallest absolute Gasteiger partial charge is 0.234 e. The van der Waals surface area contributed by atoms with Crippen molar-refractivity contribution < 1.29 is 13.9 Å². The molecular formula is C15H14N2O3. The van der Waals surface area contributed by atoms with E-state index in [9.17, 15) is 0 Å². The molecule has 0 saturated carbocycles. The summed E-state index contributed by atoms with van der Waals surface area (Å²) in [6, 6.07) is 10.9. The molecule has 0 bridgehead atoms. The van der Waals surface area contributed by atoms with Crippen LogP contribution in [0.3, 0.4) is 0 Å². The Balaban J connectivity index is 2.24. The van der Waals surface area contributed by atoms with E-state index in [1.54, 1.807) is 32.4 Å². The number of nitrogen functional groups attached to an aromatic ring is 1. The van der Waals surface area contributed by atoms with Crippen LogP contribution in [0.5, 0.6) is 11.5 Å². The lowest BCUT2D eigenvalue weighted by molar-refractivity contribution is 0.394. The van der Waals surface area contributed by atoms with Gasteiger partial charge >= 0.3 is 0 Å². The maximum atomic E-state index is 5.77. The fourth-order valence-electron chi connectivity index (χ4n) is 2.11. The van der Waals surface area contributed by atoms with Crippen molar-refractivity contribution in [2.45, 2.75) is 0 Å². The molecule has 0 fully saturated rings. The number of methoxy groups -OCH3 is 2. The molecule has 0 spiro atoms. The van der Waals surface area contributed by atoms with Crippen molar-refractivity contribution in [2.24, 2.45) is 0 Å². The van der Waals surface area contributed by atoms with Gasteiger partial charge in [0.25, 0.3) is 0 Å². The molecule has 2 aromatic carbocycles. The molecule has 0 atom stereocenters. The number of aromatic nitrogens is 1. The Kier molecular flexibility index (Phi) is 2.95. The third-order valence-corrected chi connectivity index (χ3v) is 3.05. The molecule has 102 valence electrons. The maximum absolute atomic E-state index is 5.77. The molecule has 1 heterocycles. The average molecular weight is 270 g/mol. The van der Waals surface area contributed by atoms with Gasteiger partial charge < -0.3 is 19.6 Å². The van der Waals surface area contributed by atoms with Crippen LogP contribution < -0.4 is 15.2 Å². The molecule has 0 aliphatic heterocycles. The highest BCUT2D eigenvalue weighted by atomic mass is 16.5. The molecule has 2 N–H and O–H groups in total. The SMILES string of the molecule is COc1cccc(OC)c1-c1nc2cc(N)ccc2o1. The summed E-state index contributed by atoms with van der Waals surface area (Å²) < 4.78 is 16.5. The first-order chi connectivity index (χ1) is 9.72. The van der Waals surface area contributed by atoms with Crippen LogP contribution in [0.1, 0.15) is 0 Å². The number of benzene rings is 2. The Morgan fingerprint density at radius 1 is 1.05 bits per heavy atom. The first-order valence-electron chi connectivity index (χ1n) is 6.10. The van der Waals surface area contributed by atoms with Gasteiger partial charge in [0.2, 0.25) is 5.89 Å². The second kappa shape index (κ2) is 4.77. The Hall–Kier alpha value is -2.69. The molecule has 0 unspecified atom stereocenters. The number of nitrogens with two attached hydrogens (primary N) is 1. The Bertz CT molecular complexity index is 743. The molecule has 20 heavy (non-hydrogen) atoms. The summed E-state index contributed by atoms with van der Waals surface area (Å²) in [4.78, 5) is 4.45. The van der Waals surface area contributed by atoms with E-state index >= 15 is 0 Å². The van der Waals surface area contributed by atoms with E-state index in [0.29, 0.717) is 39.7 Å². The second-order valence-corrected chi connectivity index (χ2v) is 4.28. The number of nitrogens with zero attached hydrogens (tertiary/aromatic N) is 1. The summed E-state index contributed by atoms with van der Waals surface area (Å²) in [5.74, 6) is 1.73. The molecular weight excluding hydrogens is 256 g/mol. The van der Waals surface area contributed by atoms with E-state index < -0.39 is 0 Å². The molecule has 0 aliphatic carbocycles. The predicted molar refractivity (Wildman–Crippen MR) is 77.0 cm³/mol. The van der Waals surface area contributed by atoms with Crippen LogP contribution in [0.25, 0.3) is 22.6 Å². The zero-order valence-electron chi connectivity index (χ0n) is 11.2. The van der Waals surface area contributed by atoms with Crippen LogP contribution >= 0.6 is 0 Å². The summed E-state index contributed by atoms with van der Waals surface area (Å²) in [5.41, 5.74) is 8.45. The lowest BCUT2D eigenvalue weighted by atomic mass is 10.1. The van der Waals surface area contributed by atoms with Gasteiger partial charge in [0.1, 0.15) is 22.6 Å². The lowest BCUT2D eigenvalue weighted by Crippen LogP contribution is -1.92. The average Bonchev–Trinajstić information content (AvgIpc) is 2.88. The minimum Gasteiger partial charge on any atom is -0.496 e. The molecule has 3 rings (SSSR count). The van der Waals surface area contributed by atoms with Gasteiger partial charge in [-0.25, -0.2) is 4.98 Å². The molecule has 0 amide bonds. The second-order valence-electron chi connectivity index (χ2n) is 4.28. The van der Waals surface area contributed by atoms with E-state index in [1.165, 1.54) is 0 Å². The highest BCUT2D eigenvalue weighted by molar-refractivity contribution is 5.82. The molecule has 3 aromatic rings. The van der Waals surface area contributed by atoms with E-state index in [2.05, 4.69) is 4.98 Å². The van der Waals surface area contributed by atoms with Crippen molar-refractivity contribution in [3.63, 3.8) is 0 Å². The highest BCUT2D eigenvalue weighted by Gasteiger charge is 2.18. The van der Waals surface area contributed by atoms with Gasteiger partial charge in [0.05, 0.1) is 14.2 Å². The van der Waals surface area contributed by atoms with E-state index in [4.69, 9.17) is 19.6 Å². The molecule has 1 aromatic heterocycles. The zero-order chi connectivity index (χ0) is 14.1. The van der Waals surface area contributed by atoms with Gasteiger partial charge in [-0.2, -0.15) is 0 Å². The van der Waals surface area contributed by atoms with Gasteiger partial charge in [-0.3, -0.25) is 0 Å². The van der Waals surface area contributed by atoms with Crippen LogP contribution in [0.4, 0.5) is 5.69 Å². The Morgan fingerprint density at radius 2 is 1.75 bits per heavy atom. The standard InChI is InChI=1S/C15H14N2O3/c1-18-12-4-3-5-13(19-2)14(12)15-17-10-8-9(16)6-7-11(10)20-15/h3-8H,16H2,1-2H3. The summed E-state index contributed by atoms with van der Waals surface area (Å²) in [6.07, 6.45) is 0. The molecule has 0 radical (unpaired) electrons. The van der Waals surface area contributed by atoms with Crippen molar-refractivity contribution >= 4 is 16.8 Å². The van der Waals surface area contributed by atoms with Crippen LogP contribution in [0.15, 0.2) is 40.8 Å². The number of fused-ring (bicyclic) bond motifs is 1. The lowest BCUT2D eigenvalue weighted by Gasteiger charge is -2.09. The third-order valence-electron chi connectivity index (χ3n) is 3.05. The minimum absolute atomic E-state index is 0.444. The minimum atomic E-state index is 0.444. The van der Waals surface area contributed by atoms with Gasteiger partial charge in [0.15, 0.2) is 5.58 Å². The van der Waals surface area contributed by atoms with E-state index in [0.717, 1.165) is 0 Å². The fraction of sp³-hybridized carbons (Fsp3) is 0.133. The predicted octanol–water partition coefficient (Wildman–Crippen LogP) is 3.09. The van der Waals surface area contributed by atoms with Crippen molar-refractivity contribution in [3.05, 3.63) is 36.4 Å². The van der Waals surface area contributed by atoms with Crippen molar-refractivity contribution in [1.29, 1.82) is 0 Å². The van der Waals surface area contributed by atoms with E-state index in [1.807, 2.05) is 18.2 Å². The summed E-state index contributed by atoms with van der Waals surface area (Å²) in [5, 5.41) is 0. The van der Waals surface area contributed by atoms with Crippen LogP contribution in [-0.2, 0) is 0 Å². The Labute approximate surface area is 115 Å². The number of hydrogen-bond donors (Lipinski definition) is 1. The van der Waals surface area contributed by atoms with Gasteiger partial charge in [-0.1, -0.05) is 6.07 Å². The number of oxazole rings is 1. The van der Waals surface area contributed by atoms with Crippen molar-refractivity contribution in [3.8, 4) is 23.0 Å². The Morgan fingerprint density at radius 3 is 2.40 bits per heavy atom. The molecule has 5 heteroatoms. The fourth-order valence-corrected chi connectivity index (χ4v) is 2.11. The third kappa shape index (κ3) is 1.93. The molecule has 0 aliphatic rings. The zero-order valence-corrected chi connectivity index (χ0v) is 11.2. The number of ether oxygens (including phenoxy) is 2. The van der Waals surface area contributed by atoms with Crippen LogP contribution in [-0.4, -0.2) is 19.2 Å².